The highest BCUT2D eigenvalue weighted by Gasteiger charge is 2.15. The van der Waals surface area contributed by atoms with Gasteiger partial charge in [-0.2, -0.15) is 4.98 Å². The van der Waals surface area contributed by atoms with Gasteiger partial charge in [0.2, 0.25) is 5.88 Å². The summed E-state index contributed by atoms with van der Waals surface area (Å²) in [7, 11) is 1.56. The first-order valence-electron chi connectivity index (χ1n) is 6.27. The summed E-state index contributed by atoms with van der Waals surface area (Å²) in [6.07, 6.45) is 2.32. The van der Waals surface area contributed by atoms with E-state index in [0.717, 1.165) is 28.8 Å². The second-order valence-electron chi connectivity index (χ2n) is 4.32. The van der Waals surface area contributed by atoms with Crippen molar-refractivity contribution in [2.75, 3.05) is 7.11 Å². The van der Waals surface area contributed by atoms with Crippen LogP contribution in [0.2, 0.25) is 4.34 Å². The Morgan fingerprint density at radius 2 is 2.19 bits per heavy atom. The molecule has 3 rings (SSSR count). The van der Waals surface area contributed by atoms with Crippen LogP contribution in [0.15, 0.2) is 18.5 Å². The number of methoxy groups -OCH3 is 1. The molecule has 21 heavy (non-hydrogen) atoms. The third-order valence-electron chi connectivity index (χ3n) is 3.10. The van der Waals surface area contributed by atoms with Crippen molar-refractivity contribution in [2.45, 2.75) is 18.8 Å². The number of fused-ring (bicyclic) bond motifs is 1. The quantitative estimate of drug-likeness (QED) is 0.665. The van der Waals surface area contributed by atoms with Crippen molar-refractivity contribution in [3.05, 3.63) is 33.5 Å². The monoisotopic (exact) mass is 342 g/mol. The van der Waals surface area contributed by atoms with Gasteiger partial charge in [0.15, 0.2) is 11.2 Å². The van der Waals surface area contributed by atoms with E-state index in [9.17, 15) is 0 Å². The summed E-state index contributed by atoms with van der Waals surface area (Å²) in [5.74, 6) is 1.53. The van der Waals surface area contributed by atoms with Crippen LogP contribution in [-0.2, 0) is 18.8 Å². The number of imidazole rings is 1. The van der Waals surface area contributed by atoms with E-state index < -0.39 is 0 Å². The molecule has 0 N–H and O–H groups in total. The Hall–Kier alpha value is -1.37. The van der Waals surface area contributed by atoms with Crippen LogP contribution in [0.3, 0.4) is 0 Å². The van der Waals surface area contributed by atoms with Gasteiger partial charge in [0.1, 0.15) is 12.2 Å². The lowest BCUT2D eigenvalue weighted by Crippen LogP contribution is -2.05. The lowest BCUT2D eigenvalue weighted by molar-refractivity contribution is 0.401. The Morgan fingerprint density at radius 3 is 2.86 bits per heavy atom. The highest BCUT2D eigenvalue weighted by molar-refractivity contribution is 7.16. The Balaban J connectivity index is 1.96. The molecule has 0 saturated heterocycles. The molecule has 110 valence electrons. The van der Waals surface area contributed by atoms with E-state index in [1.165, 1.54) is 11.2 Å². The lowest BCUT2D eigenvalue weighted by atomic mass is 10.3. The first-order valence-corrected chi connectivity index (χ1v) is 8.00. The summed E-state index contributed by atoms with van der Waals surface area (Å²) in [6, 6.07) is 3.93. The summed E-state index contributed by atoms with van der Waals surface area (Å²) < 4.78 is 8.01. The molecule has 0 spiro atoms. The maximum absolute atomic E-state index is 5.99. The standard InChI is InChI=1S/C13H12Cl2N4OS/c1-20-13-11-12(16-7-17-13)19(10(6-14)18-11)5-4-8-2-3-9(15)21-8/h2-3,7H,4-6H2,1H3. The van der Waals surface area contributed by atoms with Crippen LogP contribution < -0.4 is 4.74 Å². The van der Waals surface area contributed by atoms with Crippen molar-refractivity contribution in [1.82, 2.24) is 19.5 Å². The third-order valence-corrected chi connectivity index (χ3v) is 4.63. The molecule has 0 atom stereocenters. The number of alkyl halides is 1. The van der Waals surface area contributed by atoms with Gasteiger partial charge >= 0.3 is 0 Å². The molecular weight excluding hydrogens is 331 g/mol. The lowest BCUT2D eigenvalue weighted by Gasteiger charge is -2.06. The van der Waals surface area contributed by atoms with Crippen LogP contribution >= 0.6 is 34.5 Å². The molecule has 0 unspecified atom stereocenters. The van der Waals surface area contributed by atoms with Crippen molar-refractivity contribution in [3.8, 4) is 5.88 Å². The minimum Gasteiger partial charge on any atom is -0.479 e. The van der Waals surface area contributed by atoms with Crippen molar-refractivity contribution in [3.63, 3.8) is 0 Å². The Bertz CT molecular complexity index is 771. The number of hydrogen-bond donors (Lipinski definition) is 0. The molecule has 0 aliphatic heterocycles. The van der Waals surface area contributed by atoms with E-state index in [4.69, 9.17) is 27.9 Å². The Kier molecular flexibility index (Phi) is 4.28. The van der Waals surface area contributed by atoms with Crippen LogP contribution in [0.4, 0.5) is 0 Å². The summed E-state index contributed by atoms with van der Waals surface area (Å²) in [5, 5.41) is 0. The van der Waals surface area contributed by atoms with Gasteiger partial charge in [-0.05, 0) is 18.6 Å². The molecule has 3 heterocycles. The van der Waals surface area contributed by atoms with Gasteiger partial charge in [-0.3, -0.25) is 0 Å². The first kappa shape index (κ1) is 14.6. The van der Waals surface area contributed by atoms with Gasteiger partial charge in [0, 0.05) is 11.4 Å². The fourth-order valence-corrected chi connectivity index (χ4v) is 3.44. The molecule has 5 nitrogen and oxygen atoms in total. The molecule has 0 aliphatic rings. The number of thiophene rings is 1. The number of ether oxygens (including phenoxy) is 1. The van der Waals surface area contributed by atoms with Crippen LogP contribution in [-0.4, -0.2) is 26.6 Å². The van der Waals surface area contributed by atoms with Gasteiger partial charge < -0.3 is 9.30 Å². The maximum Gasteiger partial charge on any atom is 0.245 e. The fourth-order valence-electron chi connectivity index (χ4n) is 2.16. The third kappa shape index (κ3) is 2.84. The number of aryl methyl sites for hydroxylation is 2. The number of nitrogens with zero attached hydrogens (tertiary/aromatic N) is 4. The minimum absolute atomic E-state index is 0.310. The average molecular weight is 343 g/mol. The minimum atomic E-state index is 0.310. The van der Waals surface area contributed by atoms with Crippen LogP contribution in [0.25, 0.3) is 11.2 Å². The summed E-state index contributed by atoms with van der Waals surface area (Å²) >= 11 is 13.5. The number of rotatable bonds is 5. The van der Waals surface area contributed by atoms with E-state index in [1.807, 2.05) is 16.7 Å². The predicted octanol–water partition coefficient (Wildman–Crippen LogP) is 3.53. The molecule has 0 saturated carbocycles. The SMILES string of the molecule is COc1ncnc2c1nc(CCl)n2CCc1ccc(Cl)s1. The molecule has 0 aromatic carbocycles. The van der Waals surface area contributed by atoms with Crippen molar-refractivity contribution in [1.29, 1.82) is 0 Å². The largest absolute Gasteiger partial charge is 0.479 e. The topological polar surface area (TPSA) is 52.8 Å². The second-order valence-corrected chi connectivity index (χ2v) is 6.39. The molecule has 8 heteroatoms. The second kappa shape index (κ2) is 6.17. The Labute approximate surface area is 135 Å². The zero-order valence-electron chi connectivity index (χ0n) is 11.2. The normalized spacial score (nSPS) is 11.2. The Morgan fingerprint density at radius 1 is 1.33 bits per heavy atom. The van der Waals surface area contributed by atoms with Gasteiger partial charge in [-0.1, -0.05) is 11.6 Å². The predicted molar refractivity (Wildman–Crippen MR) is 84.5 cm³/mol. The van der Waals surface area contributed by atoms with E-state index >= 15 is 0 Å². The smallest absolute Gasteiger partial charge is 0.245 e. The van der Waals surface area contributed by atoms with E-state index in [1.54, 1.807) is 18.4 Å². The van der Waals surface area contributed by atoms with Gasteiger partial charge in [-0.25, -0.2) is 9.97 Å². The number of hydrogen-bond acceptors (Lipinski definition) is 5. The molecule has 0 aliphatic carbocycles. The van der Waals surface area contributed by atoms with Gasteiger partial charge in [0.05, 0.1) is 17.3 Å². The molecule has 0 amide bonds. The molecule has 0 bridgehead atoms. The van der Waals surface area contributed by atoms with E-state index in [-0.39, 0.29) is 0 Å². The van der Waals surface area contributed by atoms with Crippen LogP contribution in [0, 0.1) is 0 Å². The molecule has 3 aromatic heterocycles. The van der Waals surface area contributed by atoms with Crippen molar-refractivity contribution in [2.24, 2.45) is 0 Å². The highest BCUT2D eigenvalue weighted by Crippen LogP contribution is 2.25. The summed E-state index contributed by atoms with van der Waals surface area (Å²) in [6.45, 7) is 0.732. The zero-order valence-corrected chi connectivity index (χ0v) is 13.5. The van der Waals surface area contributed by atoms with Crippen molar-refractivity contribution < 1.29 is 4.74 Å². The van der Waals surface area contributed by atoms with Gasteiger partial charge in [-0.15, -0.1) is 22.9 Å². The fraction of sp³-hybridized carbons (Fsp3) is 0.308. The summed E-state index contributed by atoms with van der Waals surface area (Å²) in [5.41, 5.74) is 1.38. The highest BCUT2D eigenvalue weighted by atomic mass is 35.5. The summed E-state index contributed by atoms with van der Waals surface area (Å²) in [4.78, 5) is 14.1. The molecule has 3 aromatic rings. The van der Waals surface area contributed by atoms with Gasteiger partial charge in [0.25, 0.3) is 0 Å². The van der Waals surface area contributed by atoms with Crippen LogP contribution in [0.5, 0.6) is 5.88 Å². The van der Waals surface area contributed by atoms with E-state index in [0.29, 0.717) is 17.3 Å². The first-order chi connectivity index (χ1) is 10.2. The maximum atomic E-state index is 5.99. The number of aromatic nitrogens is 4. The van der Waals surface area contributed by atoms with Crippen molar-refractivity contribution >= 4 is 45.7 Å². The molecule has 0 radical (unpaired) electrons. The van der Waals surface area contributed by atoms with E-state index in [2.05, 4.69) is 15.0 Å². The average Bonchev–Trinajstić information content (AvgIpc) is 3.07. The van der Waals surface area contributed by atoms with Crippen LogP contribution in [0.1, 0.15) is 10.7 Å². The zero-order chi connectivity index (χ0) is 14.8. The molecule has 0 fully saturated rings. The molecular formula is C13H12Cl2N4OS. The number of halogens is 2.